The number of hydrogen-bond donors (Lipinski definition) is 1. The maximum absolute atomic E-state index is 11.8. The van der Waals surface area contributed by atoms with Crippen LogP contribution in [0.2, 0.25) is 5.02 Å². The average molecular weight is 498 g/mol. The Hall–Kier alpha value is -3.56. The third-order valence-corrected chi connectivity index (χ3v) is 6.18. The number of rotatable bonds is 6. The van der Waals surface area contributed by atoms with E-state index in [-0.39, 0.29) is 6.61 Å². The number of amides is 1. The van der Waals surface area contributed by atoms with Crippen LogP contribution in [0.4, 0.5) is 4.79 Å². The van der Waals surface area contributed by atoms with E-state index >= 15 is 0 Å². The number of nitrogens with zero attached hydrogens (tertiary/aromatic N) is 3. The molecule has 0 saturated carbocycles. The number of furan rings is 1. The molecule has 1 atom stereocenters. The Morgan fingerprint density at radius 3 is 2.77 bits per heavy atom. The maximum atomic E-state index is 11.8. The topological polar surface area (TPSA) is 111 Å². The lowest BCUT2D eigenvalue weighted by molar-refractivity contribution is -0.0425. The van der Waals surface area contributed by atoms with Gasteiger partial charge < -0.3 is 23.5 Å². The molecule has 182 valence electrons. The first-order valence-electron chi connectivity index (χ1n) is 11.2. The number of hydrogen-bond acceptors (Lipinski definition) is 7. The number of halogens is 1. The Kier molecular flexibility index (Phi) is 5.90. The molecule has 5 rings (SSSR count). The van der Waals surface area contributed by atoms with Crippen molar-refractivity contribution in [1.82, 2.24) is 15.0 Å². The number of carboxylic acid groups (broad SMARTS) is 1. The largest absolute Gasteiger partial charge is 0.492 e. The molecule has 2 aromatic carbocycles. The summed E-state index contributed by atoms with van der Waals surface area (Å²) in [7, 11) is 0. The van der Waals surface area contributed by atoms with Crippen LogP contribution in [0.15, 0.2) is 51.4 Å². The molecule has 1 unspecified atom stereocenters. The van der Waals surface area contributed by atoms with Gasteiger partial charge in [0.15, 0.2) is 0 Å². The van der Waals surface area contributed by atoms with E-state index in [0.29, 0.717) is 46.0 Å². The Labute approximate surface area is 206 Å². The van der Waals surface area contributed by atoms with Gasteiger partial charge in [0.1, 0.15) is 28.9 Å². The van der Waals surface area contributed by atoms with E-state index in [1.165, 1.54) is 4.90 Å². The molecule has 1 saturated heterocycles. The van der Waals surface area contributed by atoms with Crippen molar-refractivity contribution in [3.8, 4) is 28.6 Å². The van der Waals surface area contributed by atoms with Crippen LogP contribution in [0.1, 0.15) is 39.0 Å². The fraction of sp³-hybridized carbons (Fsp3) is 0.320. The third kappa shape index (κ3) is 4.33. The molecule has 1 N–H and O–H groups in total. The third-order valence-electron chi connectivity index (χ3n) is 5.88. The molecule has 2 aromatic heterocycles. The zero-order chi connectivity index (χ0) is 24.7. The summed E-state index contributed by atoms with van der Waals surface area (Å²) in [6, 6.07) is 12.1. The van der Waals surface area contributed by atoms with Crippen molar-refractivity contribution in [1.29, 1.82) is 0 Å². The van der Waals surface area contributed by atoms with Crippen LogP contribution in [0.3, 0.4) is 0 Å². The highest BCUT2D eigenvalue weighted by Crippen LogP contribution is 2.39. The summed E-state index contributed by atoms with van der Waals surface area (Å²) in [5.41, 5.74) is 1.09. The highest BCUT2D eigenvalue weighted by Gasteiger charge is 2.46. The van der Waals surface area contributed by atoms with Crippen molar-refractivity contribution in [3.63, 3.8) is 0 Å². The molecule has 0 bridgehead atoms. The van der Waals surface area contributed by atoms with Crippen molar-refractivity contribution >= 4 is 28.7 Å². The Morgan fingerprint density at radius 1 is 1.23 bits per heavy atom. The second-order valence-electron chi connectivity index (χ2n) is 8.74. The predicted molar refractivity (Wildman–Crippen MR) is 128 cm³/mol. The minimum Gasteiger partial charge on any atom is -0.492 e. The zero-order valence-electron chi connectivity index (χ0n) is 19.4. The normalized spacial score (nSPS) is 17.3. The summed E-state index contributed by atoms with van der Waals surface area (Å²) in [5, 5.41) is 15.1. The first-order chi connectivity index (χ1) is 16.8. The minimum absolute atomic E-state index is 0.213. The van der Waals surface area contributed by atoms with E-state index in [4.69, 9.17) is 30.0 Å². The lowest BCUT2D eigenvalue weighted by Crippen LogP contribution is -2.43. The quantitative estimate of drug-likeness (QED) is 0.326. The van der Waals surface area contributed by atoms with E-state index in [1.54, 1.807) is 32.0 Å². The van der Waals surface area contributed by atoms with Gasteiger partial charge >= 0.3 is 6.09 Å². The molecular formula is C25H24ClN3O6. The molecule has 10 heteroatoms. The predicted octanol–water partition coefficient (Wildman–Crippen LogP) is 6.38. The van der Waals surface area contributed by atoms with Crippen molar-refractivity contribution in [2.24, 2.45) is 0 Å². The van der Waals surface area contributed by atoms with Crippen LogP contribution < -0.4 is 4.74 Å². The Morgan fingerprint density at radius 2 is 2.03 bits per heavy atom. The highest BCUT2D eigenvalue weighted by molar-refractivity contribution is 6.32. The first kappa shape index (κ1) is 23.2. The van der Waals surface area contributed by atoms with Gasteiger partial charge in [0.2, 0.25) is 5.82 Å². The molecule has 4 aromatic rings. The minimum atomic E-state index is -1.07. The van der Waals surface area contributed by atoms with Crippen LogP contribution in [0.25, 0.3) is 33.8 Å². The Bertz CT molecular complexity index is 1400. The maximum Gasteiger partial charge on any atom is 0.410 e. The van der Waals surface area contributed by atoms with E-state index in [9.17, 15) is 9.90 Å². The molecule has 0 aliphatic carbocycles. The summed E-state index contributed by atoms with van der Waals surface area (Å²) in [6.07, 6.45) is -0.180. The van der Waals surface area contributed by atoms with Crippen LogP contribution in [0, 0.1) is 0 Å². The van der Waals surface area contributed by atoms with Crippen LogP contribution in [-0.4, -0.2) is 45.2 Å². The van der Waals surface area contributed by atoms with Gasteiger partial charge in [0, 0.05) is 16.5 Å². The standard InChI is InChI=1S/C25H24ClN3O6/c1-4-9-32-20-8-6-15(11-17(20)26)23-27-22(28-35-23)14-5-7-19-16(10-14)12-21(34-19)18-13-33-25(2,3)29(18)24(30)31/h5-8,10-12,18H,4,9,13H2,1-3H3,(H,30,31). The van der Waals surface area contributed by atoms with Crippen LogP contribution in [-0.2, 0) is 4.74 Å². The molecule has 9 nitrogen and oxygen atoms in total. The molecule has 1 aliphatic heterocycles. The van der Waals surface area contributed by atoms with E-state index < -0.39 is 17.9 Å². The number of fused-ring (bicyclic) bond motifs is 1. The molecule has 1 aliphatic rings. The highest BCUT2D eigenvalue weighted by atomic mass is 35.5. The fourth-order valence-corrected chi connectivity index (χ4v) is 4.40. The van der Waals surface area contributed by atoms with Gasteiger partial charge in [-0.15, -0.1) is 0 Å². The lowest BCUT2D eigenvalue weighted by Gasteiger charge is -2.29. The number of ether oxygens (including phenoxy) is 2. The van der Waals surface area contributed by atoms with Gasteiger partial charge in [-0.2, -0.15) is 4.98 Å². The zero-order valence-corrected chi connectivity index (χ0v) is 20.2. The summed E-state index contributed by atoms with van der Waals surface area (Å²) in [5.74, 6) is 1.86. The summed E-state index contributed by atoms with van der Waals surface area (Å²) in [6.45, 7) is 6.26. The second kappa shape index (κ2) is 8.90. The van der Waals surface area contributed by atoms with Crippen molar-refractivity contribution in [3.05, 3.63) is 53.2 Å². The fourth-order valence-electron chi connectivity index (χ4n) is 4.16. The SMILES string of the molecule is CCCOc1ccc(-c2nc(-c3ccc4oc(C5COC(C)(C)N5C(=O)O)cc4c3)no2)cc1Cl. The smallest absolute Gasteiger partial charge is 0.410 e. The molecule has 1 amide bonds. The van der Waals surface area contributed by atoms with Gasteiger partial charge in [0.05, 0.1) is 18.2 Å². The van der Waals surface area contributed by atoms with Crippen molar-refractivity contribution in [2.75, 3.05) is 13.2 Å². The van der Waals surface area contributed by atoms with E-state index in [1.807, 2.05) is 31.2 Å². The molecule has 35 heavy (non-hydrogen) atoms. The van der Waals surface area contributed by atoms with Gasteiger partial charge in [-0.3, -0.25) is 4.90 Å². The van der Waals surface area contributed by atoms with E-state index in [2.05, 4.69) is 10.1 Å². The molecular weight excluding hydrogens is 474 g/mol. The average Bonchev–Trinajstić information content (AvgIpc) is 3.53. The lowest BCUT2D eigenvalue weighted by atomic mass is 10.1. The van der Waals surface area contributed by atoms with E-state index in [0.717, 1.165) is 17.4 Å². The Balaban J connectivity index is 1.41. The molecule has 1 fully saturated rings. The molecule has 0 spiro atoms. The summed E-state index contributed by atoms with van der Waals surface area (Å²) in [4.78, 5) is 17.6. The summed E-state index contributed by atoms with van der Waals surface area (Å²) < 4.78 is 22.7. The number of aromatic nitrogens is 2. The van der Waals surface area contributed by atoms with Gasteiger partial charge in [-0.25, -0.2) is 4.79 Å². The van der Waals surface area contributed by atoms with Crippen LogP contribution >= 0.6 is 11.6 Å². The van der Waals surface area contributed by atoms with Gasteiger partial charge in [-0.1, -0.05) is 23.7 Å². The van der Waals surface area contributed by atoms with Gasteiger partial charge in [-0.05, 0) is 62.7 Å². The van der Waals surface area contributed by atoms with Crippen molar-refractivity contribution in [2.45, 2.75) is 39.0 Å². The van der Waals surface area contributed by atoms with Gasteiger partial charge in [0.25, 0.3) is 5.89 Å². The monoisotopic (exact) mass is 497 g/mol. The molecule has 3 heterocycles. The molecule has 0 radical (unpaired) electrons. The number of benzene rings is 2. The second-order valence-corrected chi connectivity index (χ2v) is 9.15. The summed E-state index contributed by atoms with van der Waals surface area (Å²) >= 11 is 6.33. The van der Waals surface area contributed by atoms with Crippen molar-refractivity contribution < 1.29 is 28.3 Å². The number of carbonyl (C=O) groups is 1. The van der Waals surface area contributed by atoms with Crippen LogP contribution in [0.5, 0.6) is 5.75 Å². The first-order valence-corrected chi connectivity index (χ1v) is 11.6.